The molecular weight excluding hydrogens is 262 g/mol. The quantitative estimate of drug-likeness (QED) is 0.370. The molecule has 6 heteroatoms. The molecule has 0 bridgehead atoms. The van der Waals surface area contributed by atoms with E-state index in [1.54, 1.807) is 24.3 Å². The lowest BCUT2D eigenvalue weighted by Crippen LogP contribution is -2.03. The summed E-state index contributed by atoms with van der Waals surface area (Å²) < 4.78 is 9.72. The van der Waals surface area contributed by atoms with Crippen LogP contribution in [0.5, 0.6) is 0 Å². The van der Waals surface area contributed by atoms with Gasteiger partial charge in [0.25, 0.3) is 0 Å². The van der Waals surface area contributed by atoms with E-state index in [-0.39, 0.29) is 17.2 Å². The van der Waals surface area contributed by atoms with Gasteiger partial charge in [0.15, 0.2) is 0 Å². The molecule has 0 radical (unpaired) electrons. The fraction of sp³-hybridized carbons (Fsp3) is 0.0714. The van der Waals surface area contributed by atoms with E-state index in [4.69, 9.17) is 9.15 Å². The molecule has 102 valence electrons. The van der Waals surface area contributed by atoms with Crippen molar-refractivity contribution in [3.63, 3.8) is 0 Å². The Morgan fingerprint density at radius 1 is 1.25 bits per heavy atom. The molecule has 6 nitrogen and oxygen atoms in total. The molecule has 1 aromatic carbocycles. The molecule has 0 unspecified atom stereocenters. The van der Waals surface area contributed by atoms with Crippen molar-refractivity contribution in [3.05, 3.63) is 63.9 Å². The summed E-state index contributed by atoms with van der Waals surface area (Å²) in [5, 5.41) is 10.6. The van der Waals surface area contributed by atoms with Crippen molar-refractivity contribution >= 4 is 23.5 Å². The Balaban J connectivity index is 2.43. The fourth-order valence-corrected chi connectivity index (χ4v) is 1.65. The standard InChI is InChI=1S/C14H11NO5/c1-19-14(16)12(10-5-3-2-4-6-10)9-11-7-8-13(20-11)15(17)18/h2-9H,1H3. The summed E-state index contributed by atoms with van der Waals surface area (Å²) in [5.41, 5.74) is 0.899. The summed E-state index contributed by atoms with van der Waals surface area (Å²) >= 11 is 0. The minimum absolute atomic E-state index is 0.209. The maximum Gasteiger partial charge on any atom is 0.433 e. The molecule has 2 rings (SSSR count). The number of benzene rings is 1. The molecule has 0 saturated carbocycles. The first kappa shape index (κ1) is 13.5. The molecular formula is C14H11NO5. The van der Waals surface area contributed by atoms with Gasteiger partial charge in [-0.05, 0) is 17.7 Å². The van der Waals surface area contributed by atoms with Crippen molar-refractivity contribution in [3.8, 4) is 0 Å². The Morgan fingerprint density at radius 2 is 1.95 bits per heavy atom. The summed E-state index contributed by atoms with van der Waals surface area (Å²) in [6.45, 7) is 0. The number of nitrogens with zero attached hydrogens (tertiary/aromatic N) is 1. The van der Waals surface area contributed by atoms with Gasteiger partial charge in [-0.2, -0.15) is 0 Å². The van der Waals surface area contributed by atoms with Gasteiger partial charge in [0.1, 0.15) is 10.7 Å². The Hall–Kier alpha value is -2.89. The summed E-state index contributed by atoms with van der Waals surface area (Å²) in [7, 11) is 1.27. The Labute approximate surface area is 114 Å². The smallest absolute Gasteiger partial charge is 0.433 e. The Bertz CT molecular complexity index is 657. The largest absolute Gasteiger partial charge is 0.465 e. The number of hydrogen-bond acceptors (Lipinski definition) is 5. The van der Waals surface area contributed by atoms with Crippen molar-refractivity contribution in [2.75, 3.05) is 7.11 Å². The third kappa shape index (κ3) is 2.92. The van der Waals surface area contributed by atoms with E-state index in [9.17, 15) is 14.9 Å². The van der Waals surface area contributed by atoms with Gasteiger partial charge < -0.3 is 9.15 Å². The van der Waals surface area contributed by atoms with E-state index in [2.05, 4.69) is 0 Å². The molecule has 0 aliphatic rings. The highest BCUT2D eigenvalue weighted by atomic mass is 16.6. The highest BCUT2D eigenvalue weighted by Crippen LogP contribution is 2.23. The van der Waals surface area contributed by atoms with Crippen LogP contribution in [0.4, 0.5) is 5.88 Å². The molecule has 0 amide bonds. The normalized spacial score (nSPS) is 11.2. The average molecular weight is 273 g/mol. The predicted octanol–water partition coefficient (Wildman–Crippen LogP) is 2.90. The summed E-state index contributed by atoms with van der Waals surface area (Å²) in [5.74, 6) is -0.718. The highest BCUT2D eigenvalue weighted by molar-refractivity contribution is 6.21. The second-order valence-electron chi connectivity index (χ2n) is 3.85. The van der Waals surface area contributed by atoms with Crippen LogP contribution in [0.2, 0.25) is 0 Å². The van der Waals surface area contributed by atoms with Gasteiger partial charge in [-0.25, -0.2) is 4.79 Å². The fourth-order valence-electron chi connectivity index (χ4n) is 1.65. The van der Waals surface area contributed by atoms with Crippen molar-refractivity contribution in [1.82, 2.24) is 0 Å². The predicted molar refractivity (Wildman–Crippen MR) is 71.7 cm³/mol. The van der Waals surface area contributed by atoms with Gasteiger partial charge in [-0.3, -0.25) is 10.1 Å². The topological polar surface area (TPSA) is 82.6 Å². The molecule has 2 aromatic rings. The van der Waals surface area contributed by atoms with Crippen molar-refractivity contribution in [2.45, 2.75) is 0 Å². The summed E-state index contributed by atoms with van der Waals surface area (Å²) in [6.07, 6.45) is 1.41. The Kier molecular flexibility index (Phi) is 3.95. The minimum atomic E-state index is -0.641. The van der Waals surface area contributed by atoms with Crippen LogP contribution in [0.3, 0.4) is 0 Å². The maximum absolute atomic E-state index is 11.8. The van der Waals surface area contributed by atoms with Crippen LogP contribution >= 0.6 is 0 Å². The zero-order valence-electron chi connectivity index (χ0n) is 10.6. The van der Waals surface area contributed by atoms with E-state index in [1.807, 2.05) is 6.07 Å². The summed E-state index contributed by atoms with van der Waals surface area (Å²) in [4.78, 5) is 21.7. The number of furan rings is 1. The molecule has 0 fully saturated rings. The molecule has 1 heterocycles. The van der Waals surface area contributed by atoms with Crippen LogP contribution in [-0.4, -0.2) is 18.0 Å². The number of nitro groups is 1. The number of carbonyl (C=O) groups is 1. The van der Waals surface area contributed by atoms with Crippen LogP contribution in [0, 0.1) is 10.1 Å². The lowest BCUT2D eigenvalue weighted by molar-refractivity contribution is -0.402. The number of rotatable bonds is 4. The third-order valence-corrected chi connectivity index (χ3v) is 2.57. The van der Waals surface area contributed by atoms with E-state index >= 15 is 0 Å². The van der Waals surface area contributed by atoms with Gasteiger partial charge in [0, 0.05) is 0 Å². The number of carbonyl (C=O) groups excluding carboxylic acids is 1. The minimum Gasteiger partial charge on any atom is -0.465 e. The van der Waals surface area contributed by atoms with Gasteiger partial charge in [-0.1, -0.05) is 30.3 Å². The van der Waals surface area contributed by atoms with Crippen LogP contribution in [0.25, 0.3) is 11.6 Å². The molecule has 0 spiro atoms. The number of esters is 1. The summed E-state index contributed by atoms with van der Waals surface area (Å²) in [6, 6.07) is 11.5. The first-order valence-electron chi connectivity index (χ1n) is 5.71. The first-order valence-corrected chi connectivity index (χ1v) is 5.71. The number of ether oxygens (including phenoxy) is 1. The van der Waals surface area contributed by atoms with Gasteiger partial charge in [0.2, 0.25) is 0 Å². The molecule has 0 saturated heterocycles. The first-order chi connectivity index (χ1) is 9.61. The van der Waals surface area contributed by atoms with E-state index in [0.29, 0.717) is 5.56 Å². The molecule has 20 heavy (non-hydrogen) atoms. The second kappa shape index (κ2) is 5.83. The van der Waals surface area contributed by atoms with Crippen molar-refractivity contribution < 1.29 is 18.9 Å². The molecule has 0 N–H and O–H groups in total. The number of hydrogen-bond donors (Lipinski definition) is 0. The lowest BCUT2D eigenvalue weighted by atomic mass is 10.1. The van der Waals surface area contributed by atoms with Crippen molar-refractivity contribution in [1.29, 1.82) is 0 Å². The third-order valence-electron chi connectivity index (χ3n) is 2.57. The van der Waals surface area contributed by atoms with Crippen molar-refractivity contribution in [2.24, 2.45) is 0 Å². The molecule has 0 aliphatic carbocycles. The zero-order valence-corrected chi connectivity index (χ0v) is 10.6. The van der Waals surface area contributed by atoms with Gasteiger partial charge in [-0.15, -0.1) is 0 Å². The molecule has 0 atom stereocenters. The molecule has 0 aliphatic heterocycles. The van der Waals surface area contributed by atoms with Gasteiger partial charge in [0.05, 0.1) is 18.7 Å². The van der Waals surface area contributed by atoms with E-state index in [1.165, 1.54) is 25.3 Å². The maximum atomic E-state index is 11.8. The average Bonchev–Trinajstić information content (AvgIpc) is 2.94. The van der Waals surface area contributed by atoms with Crippen LogP contribution < -0.4 is 0 Å². The molecule has 1 aromatic heterocycles. The SMILES string of the molecule is COC(=O)C(=Cc1ccc([N+](=O)[O-])o1)c1ccccc1. The van der Waals surface area contributed by atoms with E-state index in [0.717, 1.165) is 0 Å². The second-order valence-corrected chi connectivity index (χ2v) is 3.85. The Morgan fingerprint density at radius 3 is 2.50 bits per heavy atom. The van der Waals surface area contributed by atoms with Gasteiger partial charge >= 0.3 is 11.9 Å². The van der Waals surface area contributed by atoms with Crippen LogP contribution in [0.15, 0.2) is 46.9 Å². The number of methoxy groups -OCH3 is 1. The highest BCUT2D eigenvalue weighted by Gasteiger charge is 2.15. The van der Waals surface area contributed by atoms with Crippen LogP contribution in [-0.2, 0) is 9.53 Å². The van der Waals surface area contributed by atoms with Crippen LogP contribution in [0.1, 0.15) is 11.3 Å². The lowest BCUT2D eigenvalue weighted by Gasteiger charge is -2.04. The monoisotopic (exact) mass is 273 g/mol. The zero-order chi connectivity index (χ0) is 14.5. The van der Waals surface area contributed by atoms with E-state index < -0.39 is 10.9 Å².